The SMILES string of the molecule is CCCC(NC1CCc2ccc(F)cc21)C(=O)O. The Kier molecular flexibility index (Phi) is 3.97. The Morgan fingerprint density at radius 3 is 3.06 bits per heavy atom. The lowest BCUT2D eigenvalue weighted by Crippen LogP contribution is -2.38. The molecule has 0 spiro atoms. The number of carboxylic acid groups (broad SMARTS) is 1. The normalized spacial score (nSPS) is 19.6. The van der Waals surface area contributed by atoms with Crippen LogP contribution in [-0.4, -0.2) is 17.1 Å². The van der Waals surface area contributed by atoms with Crippen LogP contribution in [0.5, 0.6) is 0 Å². The first-order valence-electron chi connectivity index (χ1n) is 6.39. The van der Waals surface area contributed by atoms with E-state index in [1.54, 1.807) is 6.07 Å². The average Bonchev–Trinajstić information content (AvgIpc) is 2.71. The van der Waals surface area contributed by atoms with Crippen LogP contribution in [0.25, 0.3) is 0 Å². The summed E-state index contributed by atoms with van der Waals surface area (Å²) in [5.74, 6) is -1.09. The van der Waals surface area contributed by atoms with Gasteiger partial charge in [-0.15, -0.1) is 0 Å². The maximum absolute atomic E-state index is 13.2. The monoisotopic (exact) mass is 251 g/mol. The van der Waals surface area contributed by atoms with E-state index in [2.05, 4.69) is 5.32 Å². The van der Waals surface area contributed by atoms with E-state index in [1.807, 2.05) is 6.92 Å². The minimum Gasteiger partial charge on any atom is -0.480 e. The number of carbonyl (C=O) groups is 1. The highest BCUT2D eigenvalue weighted by Crippen LogP contribution is 2.32. The second-order valence-corrected chi connectivity index (χ2v) is 4.78. The van der Waals surface area contributed by atoms with Crippen molar-refractivity contribution in [3.8, 4) is 0 Å². The number of hydrogen-bond donors (Lipinski definition) is 2. The lowest BCUT2D eigenvalue weighted by atomic mass is 10.1. The molecule has 1 aliphatic carbocycles. The first-order chi connectivity index (χ1) is 8.61. The van der Waals surface area contributed by atoms with Crippen molar-refractivity contribution < 1.29 is 14.3 Å². The van der Waals surface area contributed by atoms with E-state index in [0.717, 1.165) is 30.4 Å². The molecule has 0 fully saturated rings. The molecule has 1 aromatic carbocycles. The highest BCUT2D eigenvalue weighted by Gasteiger charge is 2.27. The summed E-state index contributed by atoms with van der Waals surface area (Å²) in [7, 11) is 0. The molecule has 2 atom stereocenters. The highest BCUT2D eigenvalue weighted by molar-refractivity contribution is 5.73. The predicted octanol–water partition coefficient (Wildman–Crippen LogP) is 2.66. The molecule has 0 heterocycles. The molecular formula is C14H18FNO2. The van der Waals surface area contributed by atoms with E-state index in [-0.39, 0.29) is 11.9 Å². The van der Waals surface area contributed by atoms with Crippen molar-refractivity contribution in [3.05, 3.63) is 35.1 Å². The quantitative estimate of drug-likeness (QED) is 0.845. The lowest BCUT2D eigenvalue weighted by molar-refractivity contribution is -0.139. The summed E-state index contributed by atoms with van der Waals surface area (Å²) in [6, 6.07) is 4.19. The van der Waals surface area contributed by atoms with Gasteiger partial charge >= 0.3 is 5.97 Å². The average molecular weight is 251 g/mol. The van der Waals surface area contributed by atoms with Gasteiger partial charge in [0.05, 0.1) is 0 Å². The van der Waals surface area contributed by atoms with Crippen LogP contribution < -0.4 is 5.32 Å². The number of halogens is 1. The van der Waals surface area contributed by atoms with E-state index in [4.69, 9.17) is 5.11 Å². The van der Waals surface area contributed by atoms with E-state index in [1.165, 1.54) is 12.1 Å². The second kappa shape index (κ2) is 5.48. The van der Waals surface area contributed by atoms with Crippen LogP contribution in [0.4, 0.5) is 4.39 Å². The zero-order valence-corrected chi connectivity index (χ0v) is 10.4. The van der Waals surface area contributed by atoms with Crippen molar-refractivity contribution >= 4 is 5.97 Å². The molecule has 2 N–H and O–H groups in total. The third kappa shape index (κ3) is 2.70. The first kappa shape index (κ1) is 13.0. The summed E-state index contributed by atoms with van der Waals surface area (Å²) in [6.07, 6.45) is 3.13. The van der Waals surface area contributed by atoms with Crippen molar-refractivity contribution in [2.24, 2.45) is 0 Å². The number of benzene rings is 1. The van der Waals surface area contributed by atoms with Crippen molar-refractivity contribution in [1.82, 2.24) is 5.32 Å². The highest BCUT2D eigenvalue weighted by atomic mass is 19.1. The van der Waals surface area contributed by atoms with Gasteiger partial charge in [0.2, 0.25) is 0 Å². The zero-order valence-electron chi connectivity index (χ0n) is 10.4. The lowest BCUT2D eigenvalue weighted by Gasteiger charge is -2.20. The van der Waals surface area contributed by atoms with Gasteiger partial charge in [-0.25, -0.2) is 4.39 Å². The molecular weight excluding hydrogens is 233 g/mol. The topological polar surface area (TPSA) is 49.3 Å². The van der Waals surface area contributed by atoms with Gasteiger partial charge in [0, 0.05) is 6.04 Å². The Hall–Kier alpha value is -1.42. The van der Waals surface area contributed by atoms with Crippen molar-refractivity contribution in [1.29, 1.82) is 0 Å². The van der Waals surface area contributed by atoms with Crippen LogP contribution in [0.2, 0.25) is 0 Å². The molecule has 0 radical (unpaired) electrons. The number of aliphatic carboxylic acids is 1. The number of hydrogen-bond acceptors (Lipinski definition) is 2. The molecule has 4 heteroatoms. The van der Waals surface area contributed by atoms with Crippen LogP contribution in [0, 0.1) is 5.82 Å². The maximum Gasteiger partial charge on any atom is 0.320 e. The minimum atomic E-state index is -0.832. The largest absolute Gasteiger partial charge is 0.480 e. The smallest absolute Gasteiger partial charge is 0.320 e. The summed E-state index contributed by atoms with van der Waals surface area (Å²) in [4.78, 5) is 11.1. The van der Waals surface area contributed by atoms with Gasteiger partial charge < -0.3 is 5.11 Å². The van der Waals surface area contributed by atoms with Crippen LogP contribution >= 0.6 is 0 Å². The van der Waals surface area contributed by atoms with Gasteiger partial charge in [0.25, 0.3) is 0 Å². The maximum atomic E-state index is 13.2. The minimum absolute atomic E-state index is 0.0386. The Balaban J connectivity index is 2.13. The van der Waals surface area contributed by atoms with Gasteiger partial charge in [-0.3, -0.25) is 10.1 Å². The fourth-order valence-electron chi connectivity index (χ4n) is 2.56. The first-order valence-corrected chi connectivity index (χ1v) is 6.39. The third-order valence-corrected chi connectivity index (χ3v) is 3.46. The number of carboxylic acids is 1. The summed E-state index contributed by atoms with van der Waals surface area (Å²) in [5.41, 5.74) is 2.03. The molecule has 2 rings (SSSR count). The van der Waals surface area contributed by atoms with Gasteiger partial charge in [-0.05, 0) is 42.5 Å². The molecule has 0 aliphatic heterocycles. The van der Waals surface area contributed by atoms with Crippen molar-refractivity contribution in [2.45, 2.75) is 44.7 Å². The van der Waals surface area contributed by atoms with Crippen LogP contribution in [0.1, 0.15) is 43.4 Å². The Morgan fingerprint density at radius 2 is 2.39 bits per heavy atom. The molecule has 0 amide bonds. The number of nitrogens with one attached hydrogen (secondary N) is 1. The molecule has 2 unspecified atom stereocenters. The molecule has 1 aromatic rings. The van der Waals surface area contributed by atoms with Gasteiger partial charge in [-0.2, -0.15) is 0 Å². The molecule has 3 nitrogen and oxygen atoms in total. The standard InChI is InChI=1S/C14H18FNO2/c1-2-3-13(14(17)18)16-12-7-5-9-4-6-10(15)8-11(9)12/h4,6,8,12-13,16H,2-3,5,7H2,1H3,(H,17,18). The second-order valence-electron chi connectivity index (χ2n) is 4.78. The van der Waals surface area contributed by atoms with Gasteiger partial charge in [0.1, 0.15) is 11.9 Å². The summed E-state index contributed by atoms with van der Waals surface area (Å²) >= 11 is 0. The van der Waals surface area contributed by atoms with Gasteiger partial charge in [0.15, 0.2) is 0 Å². The molecule has 0 bridgehead atoms. The number of rotatable bonds is 5. The molecule has 98 valence electrons. The third-order valence-electron chi connectivity index (χ3n) is 3.46. The Bertz CT molecular complexity index is 447. The van der Waals surface area contributed by atoms with E-state index in [9.17, 15) is 9.18 Å². The number of aryl methyl sites for hydroxylation is 1. The van der Waals surface area contributed by atoms with E-state index >= 15 is 0 Å². The Morgan fingerprint density at radius 1 is 1.61 bits per heavy atom. The molecule has 1 aliphatic rings. The fourth-order valence-corrected chi connectivity index (χ4v) is 2.56. The fraction of sp³-hybridized carbons (Fsp3) is 0.500. The molecule has 0 saturated carbocycles. The molecule has 18 heavy (non-hydrogen) atoms. The predicted molar refractivity (Wildman–Crippen MR) is 66.9 cm³/mol. The van der Waals surface area contributed by atoms with Crippen LogP contribution in [-0.2, 0) is 11.2 Å². The number of fused-ring (bicyclic) bond motifs is 1. The van der Waals surface area contributed by atoms with Gasteiger partial charge in [-0.1, -0.05) is 19.4 Å². The van der Waals surface area contributed by atoms with Crippen LogP contribution in [0.3, 0.4) is 0 Å². The summed E-state index contributed by atoms with van der Waals surface area (Å²) in [5, 5.41) is 12.3. The van der Waals surface area contributed by atoms with Crippen LogP contribution in [0.15, 0.2) is 18.2 Å². The van der Waals surface area contributed by atoms with Crippen molar-refractivity contribution in [3.63, 3.8) is 0 Å². The summed E-state index contributed by atoms with van der Waals surface area (Å²) < 4.78 is 13.2. The molecule has 0 saturated heterocycles. The molecule has 0 aromatic heterocycles. The van der Waals surface area contributed by atoms with E-state index in [0.29, 0.717) is 6.42 Å². The van der Waals surface area contributed by atoms with E-state index < -0.39 is 12.0 Å². The summed E-state index contributed by atoms with van der Waals surface area (Å²) in [6.45, 7) is 1.96. The Labute approximate surface area is 106 Å². The van der Waals surface area contributed by atoms with Crippen molar-refractivity contribution in [2.75, 3.05) is 0 Å². The zero-order chi connectivity index (χ0) is 13.1.